The molecule has 0 aromatic rings. The standard InChI is InChI=1S/C13H16O/c1-3-13(14-2)8-10-5-4-9-6-7-11(13)12(9)10/h3-7,9-12H,1,8H2,2H3/t9-,10+,11+,12+,13+/m1/s1. The first kappa shape index (κ1) is 8.49. The third kappa shape index (κ3) is 0.795. The summed E-state index contributed by atoms with van der Waals surface area (Å²) in [4.78, 5) is 0. The topological polar surface area (TPSA) is 9.23 Å². The summed E-state index contributed by atoms with van der Waals surface area (Å²) in [7, 11) is 1.81. The van der Waals surface area contributed by atoms with Crippen LogP contribution in [0.4, 0.5) is 0 Å². The fraction of sp³-hybridized carbons (Fsp3) is 0.538. The molecule has 3 rings (SSSR count). The Morgan fingerprint density at radius 1 is 1.36 bits per heavy atom. The predicted molar refractivity (Wildman–Crippen MR) is 56.8 cm³/mol. The Bertz CT molecular complexity index is 328. The summed E-state index contributed by atoms with van der Waals surface area (Å²) in [5.41, 5.74) is -0.0919. The summed E-state index contributed by atoms with van der Waals surface area (Å²) in [6, 6.07) is 0. The van der Waals surface area contributed by atoms with E-state index in [0.29, 0.717) is 17.8 Å². The van der Waals surface area contributed by atoms with E-state index in [1.165, 1.54) is 0 Å². The van der Waals surface area contributed by atoms with Crippen LogP contribution in [-0.2, 0) is 4.74 Å². The second kappa shape index (κ2) is 2.60. The SMILES string of the molecule is C=C[C@]1(OC)C[C@@H]2C=C[C@@H]3C=C[C@H]1[C@@H]32. The normalized spacial score (nSPS) is 52.6. The van der Waals surface area contributed by atoms with Crippen LogP contribution in [0.15, 0.2) is 37.0 Å². The maximum atomic E-state index is 5.71. The third-order valence-electron chi connectivity index (χ3n) is 4.32. The molecule has 1 nitrogen and oxygen atoms in total. The summed E-state index contributed by atoms with van der Waals surface area (Å²) in [6.07, 6.45) is 12.5. The third-order valence-corrected chi connectivity index (χ3v) is 4.32. The van der Waals surface area contributed by atoms with Gasteiger partial charge in [-0.15, -0.1) is 6.58 Å². The van der Waals surface area contributed by atoms with Crippen LogP contribution in [0.3, 0.4) is 0 Å². The second-order valence-corrected chi connectivity index (χ2v) is 4.68. The maximum Gasteiger partial charge on any atom is 0.0927 e. The molecule has 0 saturated heterocycles. The van der Waals surface area contributed by atoms with E-state index in [9.17, 15) is 0 Å². The molecule has 3 aliphatic carbocycles. The van der Waals surface area contributed by atoms with Gasteiger partial charge < -0.3 is 4.74 Å². The van der Waals surface area contributed by atoms with Crippen LogP contribution in [0.25, 0.3) is 0 Å². The Morgan fingerprint density at radius 2 is 2.14 bits per heavy atom. The van der Waals surface area contributed by atoms with Crippen LogP contribution in [0.5, 0.6) is 0 Å². The van der Waals surface area contributed by atoms with Gasteiger partial charge in [-0.25, -0.2) is 0 Å². The lowest BCUT2D eigenvalue weighted by molar-refractivity contribution is 0.00881. The molecule has 74 valence electrons. The summed E-state index contributed by atoms with van der Waals surface area (Å²) in [5.74, 6) is 2.68. The van der Waals surface area contributed by atoms with Crippen molar-refractivity contribution in [2.75, 3.05) is 7.11 Å². The summed E-state index contributed by atoms with van der Waals surface area (Å²) < 4.78 is 5.71. The van der Waals surface area contributed by atoms with Crippen molar-refractivity contribution in [1.29, 1.82) is 0 Å². The Kier molecular flexibility index (Phi) is 1.58. The van der Waals surface area contributed by atoms with Gasteiger partial charge in [-0.3, -0.25) is 0 Å². The molecule has 14 heavy (non-hydrogen) atoms. The molecule has 3 aliphatic rings. The molecule has 0 aliphatic heterocycles. The van der Waals surface area contributed by atoms with E-state index in [-0.39, 0.29) is 5.60 Å². The van der Waals surface area contributed by atoms with Gasteiger partial charge in [-0.2, -0.15) is 0 Å². The van der Waals surface area contributed by atoms with Gasteiger partial charge in [-0.1, -0.05) is 30.4 Å². The number of methoxy groups -OCH3 is 1. The second-order valence-electron chi connectivity index (χ2n) is 4.68. The average molecular weight is 188 g/mol. The molecule has 0 N–H and O–H groups in total. The van der Waals surface area contributed by atoms with Crippen LogP contribution < -0.4 is 0 Å². The first-order valence-corrected chi connectivity index (χ1v) is 5.36. The molecule has 0 amide bonds. The van der Waals surface area contributed by atoms with Crippen molar-refractivity contribution in [3.8, 4) is 0 Å². The van der Waals surface area contributed by atoms with Crippen molar-refractivity contribution in [1.82, 2.24) is 0 Å². The molecule has 0 aromatic carbocycles. The molecule has 1 fully saturated rings. The molecule has 0 spiro atoms. The zero-order chi connectivity index (χ0) is 9.76. The van der Waals surface area contributed by atoms with Crippen LogP contribution in [-0.4, -0.2) is 12.7 Å². The van der Waals surface area contributed by atoms with Crippen LogP contribution in [0.1, 0.15) is 6.42 Å². The van der Waals surface area contributed by atoms with Crippen LogP contribution in [0, 0.1) is 23.7 Å². The van der Waals surface area contributed by atoms with Gasteiger partial charge in [0, 0.05) is 13.0 Å². The van der Waals surface area contributed by atoms with Crippen molar-refractivity contribution in [3.63, 3.8) is 0 Å². The summed E-state index contributed by atoms with van der Waals surface area (Å²) in [6.45, 7) is 3.95. The van der Waals surface area contributed by atoms with Crippen molar-refractivity contribution >= 4 is 0 Å². The molecule has 0 unspecified atom stereocenters. The van der Waals surface area contributed by atoms with E-state index in [1.54, 1.807) is 0 Å². The monoisotopic (exact) mass is 188 g/mol. The van der Waals surface area contributed by atoms with Gasteiger partial charge in [0.15, 0.2) is 0 Å². The Balaban J connectivity index is 2.04. The Morgan fingerprint density at radius 3 is 2.86 bits per heavy atom. The minimum Gasteiger partial charge on any atom is -0.374 e. The van der Waals surface area contributed by atoms with E-state index in [4.69, 9.17) is 4.74 Å². The van der Waals surface area contributed by atoms with Gasteiger partial charge >= 0.3 is 0 Å². The number of hydrogen-bond donors (Lipinski definition) is 0. The van der Waals surface area contributed by atoms with Crippen molar-refractivity contribution in [2.24, 2.45) is 23.7 Å². The minimum atomic E-state index is -0.0919. The zero-order valence-electron chi connectivity index (χ0n) is 8.52. The number of ether oxygens (including phenoxy) is 1. The molecule has 1 saturated carbocycles. The van der Waals surface area contributed by atoms with Crippen molar-refractivity contribution < 1.29 is 4.74 Å². The maximum absolute atomic E-state index is 5.71. The lowest BCUT2D eigenvalue weighted by Gasteiger charge is -2.29. The van der Waals surface area contributed by atoms with E-state index in [2.05, 4.69) is 30.9 Å². The largest absolute Gasteiger partial charge is 0.374 e. The molecular formula is C13H16O. The van der Waals surface area contributed by atoms with E-state index < -0.39 is 0 Å². The molecule has 0 heterocycles. The van der Waals surface area contributed by atoms with E-state index >= 15 is 0 Å². The quantitative estimate of drug-likeness (QED) is 0.605. The van der Waals surface area contributed by atoms with Gasteiger partial charge in [0.25, 0.3) is 0 Å². The van der Waals surface area contributed by atoms with Gasteiger partial charge in [0.05, 0.1) is 5.60 Å². The van der Waals surface area contributed by atoms with Crippen LogP contribution in [0.2, 0.25) is 0 Å². The molecule has 5 atom stereocenters. The molecule has 1 heteroatoms. The predicted octanol–water partition coefficient (Wildman–Crippen LogP) is 2.57. The lowest BCUT2D eigenvalue weighted by atomic mass is 9.85. The zero-order valence-corrected chi connectivity index (χ0v) is 8.52. The van der Waals surface area contributed by atoms with Gasteiger partial charge in [0.2, 0.25) is 0 Å². The number of rotatable bonds is 2. The molecule has 0 aromatic heterocycles. The highest BCUT2D eigenvalue weighted by Gasteiger charge is 2.55. The summed E-state index contributed by atoms with van der Waals surface area (Å²) >= 11 is 0. The first-order chi connectivity index (χ1) is 6.80. The number of allylic oxidation sites excluding steroid dienone is 3. The minimum absolute atomic E-state index is 0.0919. The number of hydrogen-bond acceptors (Lipinski definition) is 1. The van der Waals surface area contributed by atoms with Gasteiger partial charge in [0.1, 0.15) is 0 Å². The smallest absolute Gasteiger partial charge is 0.0927 e. The molecule has 0 bridgehead atoms. The highest BCUT2D eigenvalue weighted by atomic mass is 16.5. The molecular weight excluding hydrogens is 172 g/mol. The first-order valence-electron chi connectivity index (χ1n) is 5.36. The van der Waals surface area contributed by atoms with Crippen molar-refractivity contribution in [2.45, 2.75) is 12.0 Å². The van der Waals surface area contributed by atoms with E-state index in [0.717, 1.165) is 12.3 Å². The Hall–Kier alpha value is -0.820. The van der Waals surface area contributed by atoms with Crippen molar-refractivity contribution in [3.05, 3.63) is 37.0 Å². The fourth-order valence-electron chi connectivity index (χ4n) is 3.61. The van der Waals surface area contributed by atoms with E-state index in [1.807, 2.05) is 13.2 Å². The highest BCUT2D eigenvalue weighted by molar-refractivity contribution is 5.31. The van der Waals surface area contributed by atoms with Crippen LogP contribution >= 0.6 is 0 Å². The lowest BCUT2D eigenvalue weighted by Crippen LogP contribution is -2.33. The average Bonchev–Trinajstić information content (AvgIpc) is 2.85. The fourth-order valence-corrected chi connectivity index (χ4v) is 3.61. The Labute approximate surface area is 85.1 Å². The summed E-state index contributed by atoms with van der Waals surface area (Å²) in [5, 5.41) is 0. The molecule has 0 radical (unpaired) electrons. The van der Waals surface area contributed by atoms with Gasteiger partial charge in [-0.05, 0) is 24.2 Å². The highest BCUT2D eigenvalue weighted by Crippen LogP contribution is 2.57.